The first-order chi connectivity index (χ1) is 11.1. The maximum absolute atomic E-state index is 12.7. The normalized spacial score (nSPS) is 27.7. The van der Waals surface area contributed by atoms with Crippen LogP contribution < -0.4 is 5.73 Å². The molecular weight excluding hydrogens is 288 g/mol. The minimum Gasteiger partial charge on any atom is -0.340 e. The van der Waals surface area contributed by atoms with Gasteiger partial charge in [-0.15, -0.1) is 0 Å². The third-order valence-corrected chi connectivity index (χ3v) is 5.40. The van der Waals surface area contributed by atoms with Crippen LogP contribution in [-0.4, -0.2) is 52.9 Å². The van der Waals surface area contributed by atoms with Crippen LogP contribution >= 0.6 is 0 Å². The van der Waals surface area contributed by atoms with Crippen LogP contribution in [-0.2, 0) is 4.79 Å². The summed E-state index contributed by atoms with van der Waals surface area (Å²) in [6, 6.07) is 4.67. The van der Waals surface area contributed by atoms with Gasteiger partial charge in [-0.05, 0) is 37.8 Å². The summed E-state index contributed by atoms with van der Waals surface area (Å²) in [6.07, 6.45) is 7.78. The first-order valence-corrected chi connectivity index (χ1v) is 8.83. The predicted molar refractivity (Wildman–Crippen MR) is 90.7 cm³/mol. The Morgan fingerprint density at radius 1 is 1.30 bits per heavy atom. The van der Waals surface area contributed by atoms with E-state index in [-0.39, 0.29) is 12.0 Å². The zero-order valence-electron chi connectivity index (χ0n) is 14.0. The van der Waals surface area contributed by atoms with Crippen molar-refractivity contribution in [3.63, 3.8) is 0 Å². The van der Waals surface area contributed by atoms with Gasteiger partial charge in [-0.25, -0.2) is 0 Å². The van der Waals surface area contributed by atoms with Crippen LogP contribution in [0.25, 0.3) is 0 Å². The minimum atomic E-state index is 0.154. The second-order valence-corrected chi connectivity index (χ2v) is 6.95. The predicted octanol–water partition coefficient (Wildman–Crippen LogP) is 1.80. The molecule has 1 aliphatic carbocycles. The summed E-state index contributed by atoms with van der Waals surface area (Å²) in [6.45, 7) is 5.74. The third kappa shape index (κ3) is 3.90. The highest BCUT2D eigenvalue weighted by atomic mass is 16.2. The van der Waals surface area contributed by atoms with Gasteiger partial charge in [0.15, 0.2) is 0 Å². The number of hydrogen-bond acceptors (Lipinski definition) is 4. The monoisotopic (exact) mass is 316 g/mol. The van der Waals surface area contributed by atoms with E-state index in [1.54, 1.807) is 0 Å². The van der Waals surface area contributed by atoms with Crippen LogP contribution in [0.4, 0.5) is 0 Å². The lowest BCUT2D eigenvalue weighted by molar-refractivity contribution is -0.138. The summed E-state index contributed by atoms with van der Waals surface area (Å²) in [5.74, 6) is 0.481. The number of carbonyl (C=O) groups excluding carboxylic acids is 1. The van der Waals surface area contributed by atoms with Gasteiger partial charge in [-0.2, -0.15) is 0 Å². The highest BCUT2D eigenvalue weighted by Crippen LogP contribution is 2.26. The van der Waals surface area contributed by atoms with Crippen molar-refractivity contribution in [3.8, 4) is 0 Å². The molecule has 0 spiro atoms. The second kappa shape index (κ2) is 7.41. The number of amides is 1. The number of aromatic nitrogens is 1. The van der Waals surface area contributed by atoms with Crippen molar-refractivity contribution in [2.24, 2.45) is 11.7 Å². The quantitative estimate of drug-likeness (QED) is 0.924. The molecule has 2 heterocycles. The van der Waals surface area contributed by atoms with Crippen molar-refractivity contribution in [1.29, 1.82) is 0 Å². The SMILES string of the molecule is C[C@H](c1cccnc1)N1CCN(C(=O)[C@H]2CCC[C@H](N)C2)CC1. The molecule has 2 N–H and O–H groups in total. The summed E-state index contributed by atoms with van der Waals surface area (Å²) < 4.78 is 0. The Hall–Kier alpha value is -1.46. The summed E-state index contributed by atoms with van der Waals surface area (Å²) in [4.78, 5) is 21.4. The lowest BCUT2D eigenvalue weighted by atomic mass is 9.85. The summed E-state index contributed by atoms with van der Waals surface area (Å²) in [5.41, 5.74) is 7.27. The number of rotatable bonds is 3. The molecule has 2 aliphatic rings. The Morgan fingerprint density at radius 2 is 2.09 bits per heavy atom. The Labute approximate surface area is 138 Å². The van der Waals surface area contributed by atoms with E-state index >= 15 is 0 Å². The molecule has 5 heteroatoms. The molecule has 5 nitrogen and oxygen atoms in total. The van der Waals surface area contributed by atoms with Gasteiger partial charge in [-0.1, -0.05) is 12.5 Å². The number of hydrogen-bond donors (Lipinski definition) is 1. The lowest BCUT2D eigenvalue weighted by Gasteiger charge is -2.40. The fourth-order valence-electron chi connectivity index (χ4n) is 3.87. The van der Waals surface area contributed by atoms with E-state index in [1.165, 1.54) is 5.56 Å². The van der Waals surface area contributed by atoms with Crippen LogP contribution in [0, 0.1) is 5.92 Å². The van der Waals surface area contributed by atoms with Crippen LogP contribution in [0.15, 0.2) is 24.5 Å². The van der Waals surface area contributed by atoms with Crippen molar-refractivity contribution in [3.05, 3.63) is 30.1 Å². The smallest absolute Gasteiger partial charge is 0.225 e. The van der Waals surface area contributed by atoms with E-state index in [9.17, 15) is 4.79 Å². The summed E-state index contributed by atoms with van der Waals surface area (Å²) in [5, 5.41) is 0. The molecule has 23 heavy (non-hydrogen) atoms. The van der Waals surface area contributed by atoms with Gasteiger partial charge in [0.2, 0.25) is 5.91 Å². The van der Waals surface area contributed by atoms with Crippen molar-refractivity contribution in [2.75, 3.05) is 26.2 Å². The van der Waals surface area contributed by atoms with Crippen molar-refractivity contribution in [2.45, 2.75) is 44.7 Å². The Balaban J connectivity index is 1.53. The molecule has 1 aromatic rings. The van der Waals surface area contributed by atoms with Gasteiger partial charge < -0.3 is 10.6 Å². The number of nitrogens with two attached hydrogens (primary N) is 1. The van der Waals surface area contributed by atoms with E-state index in [0.717, 1.165) is 51.9 Å². The first-order valence-electron chi connectivity index (χ1n) is 8.83. The number of carbonyl (C=O) groups is 1. The number of piperazine rings is 1. The molecule has 1 saturated heterocycles. The topological polar surface area (TPSA) is 62.5 Å². The molecule has 1 saturated carbocycles. The van der Waals surface area contributed by atoms with Crippen molar-refractivity contribution < 1.29 is 4.79 Å². The molecule has 0 bridgehead atoms. The highest BCUT2D eigenvalue weighted by molar-refractivity contribution is 5.79. The van der Waals surface area contributed by atoms with Gasteiger partial charge >= 0.3 is 0 Å². The molecule has 1 amide bonds. The number of nitrogens with zero attached hydrogens (tertiary/aromatic N) is 3. The third-order valence-electron chi connectivity index (χ3n) is 5.40. The fraction of sp³-hybridized carbons (Fsp3) is 0.667. The van der Waals surface area contributed by atoms with Gasteiger partial charge in [0, 0.05) is 56.6 Å². The Bertz CT molecular complexity index is 513. The summed E-state index contributed by atoms with van der Waals surface area (Å²) in [7, 11) is 0. The van der Waals surface area contributed by atoms with E-state index in [2.05, 4.69) is 27.8 Å². The minimum absolute atomic E-state index is 0.154. The molecule has 1 aromatic heterocycles. The van der Waals surface area contributed by atoms with Crippen LogP contribution in [0.5, 0.6) is 0 Å². The Kier molecular flexibility index (Phi) is 5.28. The lowest BCUT2D eigenvalue weighted by Crippen LogP contribution is -2.51. The van der Waals surface area contributed by atoms with Crippen molar-refractivity contribution >= 4 is 5.91 Å². The van der Waals surface area contributed by atoms with Crippen molar-refractivity contribution in [1.82, 2.24) is 14.8 Å². The highest BCUT2D eigenvalue weighted by Gasteiger charge is 2.31. The van der Waals surface area contributed by atoms with Gasteiger partial charge in [0.25, 0.3) is 0 Å². The zero-order chi connectivity index (χ0) is 16.2. The van der Waals surface area contributed by atoms with E-state index < -0.39 is 0 Å². The molecule has 3 atom stereocenters. The van der Waals surface area contributed by atoms with Gasteiger partial charge in [-0.3, -0.25) is 14.7 Å². The molecule has 1 aliphatic heterocycles. The van der Waals surface area contributed by atoms with Crippen LogP contribution in [0.3, 0.4) is 0 Å². The van der Waals surface area contributed by atoms with Crippen LogP contribution in [0.1, 0.15) is 44.2 Å². The average molecular weight is 316 g/mol. The fourth-order valence-corrected chi connectivity index (χ4v) is 3.87. The van der Waals surface area contributed by atoms with E-state index in [4.69, 9.17) is 5.73 Å². The number of pyridine rings is 1. The second-order valence-electron chi connectivity index (χ2n) is 6.95. The van der Waals surface area contributed by atoms with E-state index in [0.29, 0.717) is 11.9 Å². The van der Waals surface area contributed by atoms with Gasteiger partial charge in [0.05, 0.1) is 0 Å². The molecule has 3 rings (SSSR count). The summed E-state index contributed by atoms with van der Waals surface area (Å²) >= 11 is 0. The molecule has 0 unspecified atom stereocenters. The van der Waals surface area contributed by atoms with E-state index in [1.807, 2.05) is 18.5 Å². The molecule has 0 aromatic carbocycles. The average Bonchev–Trinajstić information content (AvgIpc) is 2.61. The Morgan fingerprint density at radius 3 is 2.74 bits per heavy atom. The maximum atomic E-state index is 12.7. The molecule has 126 valence electrons. The molecule has 0 radical (unpaired) electrons. The molecule has 2 fully saturated rings. The maximum Gasteiger partial charge on any atom is 0.225 e. The zero-order valence-corrected chi connectivity index (χ0v) is 14.0. The van der Waals surface area contributed by atoms with Crippen LogP contribution in [0.2, 0.25) is 0 Å². The standard InChI is InChI=1S/C18H28N4O/c1-14(16-5-3-7-20-13-16)21-8-10-22(11-9-21)18(23)15-4-2-6-17(19)12-15/h3,5,7,13-15,17H,2,4,6,8-12,19H2,1H3/t14-,15+,17+/m1/s1. The van der Waals surface area contributed by atoms with Gasteiger partial charge in [0.1, 0.15) is 0 Å². The largest absolute Gasteiger partial charge is 0.340 e. The molecular formula is C18H28N4O. The first kappa shape index (κ1) is 16.4.